The van der Waals surface area contributed by atoms with E-state index in [1.807, 2.05) is 12.1 Å². The van der Waals surface area contributed by atoms with E-state index in [2.05, 4.69) is 16.8 Å². The molecular formula is C11H14Cl2N2. The second-order valence-corrected chi connectivity index (χ2v) is 5.18. The van der Waals surface area contributed by atoms with Gasteiger partial charge in [0.2, 0.25) is 0 Å². The van der Waals surface area contributed by atoms with Crippen LogP contribution in [0.1, 0.15) is 13.3 Å². The van der Waals surface area contributed by atoms with Gasteiger partial charge in [0.05, 0.1) is 10.4 Å². The van der Waals surface area contributed by atoms with Gasteiger partial charge in [0.25, 0.3) is 0 Å². The summed E-state index contributed by atoms with van der Waals surface area (Å²) in [5, 5.41) is 0.905. The standard InChI is InChI=1S/C11H14Cl2N2/c1-8-5-9(12)7-15(6-8)11-10(13)3-2-4-14-11/h2-4,8-9H,5-7H2,1H3. The van der Waals surface area contributed by atoms with E-state index in [4.69, 9.17) is 23.2 Å². The Hall–Kier alpha value is -0.470. The number of rotatable bonds is 1. The average molecular weight is 245 g/mol. The van der Waals surface area contributed by atoms with Crippen molar-refractivity contribution >= 4 is 29.0 Å². The molecule has 2 atom stereocenters. The number of hydrogen-bond donors (Lipinski definition) is 0. The summed E-state index contributed by atoms with van der Waals surface area (Å²) < 4.78 is 0. The fraction of sp³-hybridized carbons (Fsp3) is 0.545. The molecule has 0 spiro atoms. The Morgan fingerprint density at radius 1 is 1.47 bits per heavy atom. The molecule has 0 amide bonds. The Balaban J connectivity index is 2.20. The van der Waals surface area contributed by atoms with E-state index in [0.717, 1.165) is 25.3 Å². The van der Waals surface area contributed by atoms with Gasteiger partial charge in [-0.05, 0) is 24.5 Å². The molecule has 82 valence electrons. The monoisotopic (exact) mass is 244 g/mol. The van der Waals surface area contributed by atoms with Crippen LogP contribution in [0.5, 0.6) is 0 Å². The van der Waals surface area contributed by atoms with Gasteiger partial charge in [-0.15, -0.1) is 11.6 Å². The molecule has 0 radical (unpaired) electrons. The number of aromatic nitrogens is 1. The topological polar surface area (TPSA) is 16.1 Å². The Morgan fingerprint density at radius 2 is 2.27 bits per heavy atom. The average Bonchev–Trinajstić information content (AvgIpc) is 2.16. The first-order chi connectivity index (χ1) is 7.16. The van der Waals surface area contributed by atoms with Crippen molar-refractivity contribution in [2.24, 2.45) is 5.92 Å². The van der Waals surface area contributed by atoms with E-state index < -0.39 is 0 Å². The minimum absolute atomic E-state index is 0.201. The maximum absolute atomic E-state index is 6.20. The molecule has 0 aromatic carbocycles. The van der Waals surface area contributed by atoms with Gasteiger partial charge in [0.15, 0.2) is 0 Å². The lowest BCUT2D eigenvalue weighted by molar-refractivity contribution is 0.450. The second-order valence-electron chi connectivity index (χ2n) is 4.15. The van der Waals surface area contributed by atoms with Crippen LogP contribution in [0.3, 0.4) is 0 Å². The van der Waals surface area contributed by atoms with E-state index in [-0.39, 0.29) is 5.38 Å². The van der Waals surface area contributed by atoms with Crippen molar-refractivity contribution in [1.29, 1.82) is 0 Å². The third kappa shape index (κ3) is 2.56. The number of nitrogens with zero attached hydrogens (tertiary/aromatic N) is 2. The zero-order chi connectivity index (χ0) is 10.8. The molecule has 1 aromatic rings. The summed E-state index contributed by atoms with van der Waals surface area (Å²) >= 11 is 12.3. The van der Waals surface area contributed by atoms with Gasteiger partial charge in [-0.25, -0.2) is 4.98 Å². The highest BCUT2D eigenvalue weighted by atomic mass is 35.5. The van der Waals surface area contributed by atoms with E-state index in [9.17, 15) is 0 Å². The molecule has 0 bridgehead atoms. The first-order valence-electron chi connectivity index (χ1n) is 5.16. The van der Waals surface area contributed by atoms with Gasteiger partial charge in [-0.3, -0.25) is 0 Å². The lowest BCUT2D eigenvalue weighted by Gasteiger charge is -2.35. The first kappa shape index (κ1) is 11.0. The van der Waals surface area contributed by atoms with Crippen molar-refractivity contribution in [3.63, 3.8) is 0 Å². The van der Waals surface area contributed by atoms with Crippen molar-refractivity contribution < 1.29 is 0 Å². The number of piperidine rings is 1. The van der Waals surface area contributed by atoms with Gasteiger partial charge in [-0.2, -0.15) is 0 Å². The van der Waals surface area contributed by atoms with E-state index in [0.29, 0.717) is 10.9 Å². The maximum Gasteiger partial charge on any atom is 0.147 e. The summed E-state index contributed by atoms with van der Waals surface area (Å²) in [6.07, 6.45) is 2.84. The fourth-order valence-electron chi connectivity index (χ4n) is 2.06. The van der Waals surface area contributed by atoms with Gasteiger partial charge in [0.1, 0.15) is 5.82 Å². The van der Waals surface area contributed by atoms with Gasteiger partial charge >= 0.3 is 0 Å². The molecule has 2 heterocycles. The van der Waals surface area contributed by atoms with E-state index in [1.54, 1.807) is 6.20 Å². The molecule has 0 aliphatic carbocycles. The molecule has 0 saturated carbocycles. The molecule has 1 aliphatic heterocycles. The molecule has 1 aliphatic rings. The quantitative estimate of drug-likeness (QED) is 0.706. The molecule has 15 heavy (non-hydrogen) atoms. The number of pyridine rings is 1. The van der Waals surface area contributed by atoms with Crippen LogP contribution in [-0.4, -0.2) is 23.5 Å². The lowest BCUT2D eigenvalue weighted by Crippen LogP contribution is -2.40. The van der Waals surface area contributed by atoms with E-state index in [1.165, 1.54) is 0 Å². The normalized spacial score (nSPS) is 26.7. The van der Waals surface area contributed by atoms with Gasteiger partial charge in [0, 0.05) is 19.3 Å². The van der Waals surface area contributed by atoms with Crippen molar-refractivity contribution in [2.75, 3.05) is 18.0 Å². The molecule has 1 fully saturated rings. The second kappa shape index (κ2) is 4.58. The minimum atomic E-state index is 0.201. The molecule has 4 heteroatoms. The number of anilines is 1. The minimum Gasteiger partial charge on any atom is -0.354 e. The SMILES string of the molecule is CC1CC(Cl)CN(c2ncccc2Cl)C1. The Bertz CT molecular complexity index is 333. The van der Waals surface area contributed by atoms with Crippen LogP contribution in [-0.2, 0) is 0 Å². The Labute approximate surface area is 100 Å². The van der Waals surface area contributed by atoms with Crippen molar-refractivity contribution in [3.05, 3.63) is 23.4 Å². The molecule has 1 aromatic heterocycles. The van der Waals surface area contributed by atoms with Crippen LogP contribution >= 0.6 is 23.2 Å². The summed E-state index contributed by atoms with van der Waals surface area (Å²) in [5.74, 6) is 1.45. The molecule has 2 unspecified atom stereocenters. The maximum atomic E-state index is 6.20. The number of alkyl halides is 1. The molecule has 1 saturated heterocycles. The van der Waals surface area contributed by atoms with Crippen LogP contribution in [0.2, 0.25) is 5.02 Å². The zero-order valence-corrected chi connectivity index (χ0v) is 10.2. The highest BCUT2D eigenvalue weighted by molar-refractivity contribution is 6.33. The lowest BCUT2D eigenvalue weighted by atomic mass is 10.00. The van der Waals surface area contributed by atoms with Crippen molar-refractivity contribution in [3.8, 4) is 0 Å². The molecule has 2 nitrogen and oxygen atoms in total. The molecule has 2 rings (SSSR count). The van der Waals surface area contributed by atoms with Gasteiger partial charge in [-0.1, -0.05) is 18.5 Å². The fourth-order valence-corrected chi connectivity index (χ4v) is 2.77. The largest absolute Gasteiger partial charge is 0.354 e. The third-order valence-electron chi connectivity index (χ3n) is 2.65. The van der Waals surface area contributed by atoms with Gasteiger partial charge < -0.3 is 4.90 Å². The zero-order valence-electron chi connectivity index (χ0n) is 8.66. The predicted molar refractivity (Wildman–Crippen MR) is 64.9 cm³/mol. The molecular weight excluding hydrogens is 231 g/mol. The number of hydrogen-bond acceptors (Lipinski definition) is 2. The van der Waals surface area contributed by atoms with Crippen molar-refractivity contribution in [1.82, 2.24) is 4.98 Å². The van der Waals surface area contributed by atoms with Crippen LogP contribution < -0.4 is 4.90 Å². The summed E-state index contributed by atoms with van der Waals surface area (Å²) in [6.45, 7) is 4.03. The Morgan fingerprint density at radius 3 is 2.93 bits per heavy atom. The predicted octanol–water partition coefficient (Wildman–Crippen LogP) is 3.19. The first-order valence-corrected chi connectivity index (χ1v) is 5.98. The highest BCUT2D eigenvalue weighted by Crippen LogP contribution is 2.28. The van der Waals surface area contributed by atoms with Crippen LogP contribution in [0.25, 0.3) is 0 Å². The highest BCUT2D eigenvalue weighted by Gasteiger charge is 2.25. The number of halogens is 2. The third-order valence-corrected chi connectivity index (χ3v) is 3.26. The van der Waals surface area contributed by atoms with Crippen LogP contribution in [0.15, 0.2) is 18.3 Å². The van der Waals surface area contributed by atoms with E-state index >= 15 is 0 Å². The van der Waals surface area contributed by atoms with Crippen LogP contribution in [0, 0.1) is 5.92 Å². The summed E-state index contributed by atoms with van der Waals surface area (Å²) in [6, 6.07) is 3.71. The summed E-state index contributed by atoms with van der Waals surface area (Å²) in [5.41, 5.74) is 0. The summed E-state index contributed by atoms with van der Waals surface area (Å²) in [4.78, 5) is 6.48. The smallest absolute Gasteiger partial charge is 0.147 e. The van der Waals surface area contributed by atoms with Crippen LogP contribution in [0.4, 0.5) is 5.82 Å². The molecule has 0 N–H and O–H groups in total. The Kier molecular flexibility index (Phi) is 3.37. The van der Waals surface area contributed by atoms with Crippen molar-refractivity contribution in [2.45, 2.75) is 18.7 Å². The summed E-state index contributed by atoms with van der Waals surface area (Å²) in [7, 11) is 0.